The average molecular weight is 333 g/mol. The van der Waals surface area contributed by atoms with E-state index in [2.05, 4.69) is 24.3 Å². The monoisotopic (exact) mass is 331 g/mol. The molecule has 0 saturated carbocycles. The second kappa shape index (κ2) is 6.35. The van der Waals surface area contributed by atoms with Crippen molar-refractivity contribution in [3.8, 4) is 0 Å². The molecule has 0 radical (unpaired) electrons. The Hall–Kier alpha value is -0.740. The van der Waals surface area contributed by atoms with Crippen molar-refractivity contribution in [1.29, 1.82) is 0 Å². The molecule has 1 aromatic heterocycles. The second-order valence-corrected chi connectivity index (χ2v) is 6.05. The summed E-state index contributed by atoms with van der Waals surface area (Å²) >= 11 is 18.6. The molecule has 2 aromatic rings. The predicted molar refractivity (Wildman–Crippen MR) is 85.0 cm³/mol. The highest BCUT2D eigenvalue weighted by molar-refractivity contribution is 6.35. The van der Waals surface area contributed by atoms with Crippen molar-refractivity contribution in [2.45, 2.75) is 25.9 Å². The molecule has 108 valence electrons. The summed E-state index contributed by atoms with van der Waals surface area (Å²) in [4.78, 5) is 0. The fourth-order valence-electron chi connectivity index (χ4n) is 2.21. The lowest BCUT2D eigenvalue weighted by molar-refractivity contribution is 0.484. The molecule has 0 saturated heterocycles. The highest BCUT2D eigenvalue weighted by Crippen LogP contribution is 2.34. The molecule has 6 heteroatoms. The van der Waals surface area contributed by atoms with Crippen LogP contribution in [0.1, 0.15) is 37.2 Å². The molecule has 1 aromatic carbocycles. The normalized spacial score (nSPS) is 12.9. The summed E-state index contributed by atoms with van der Waals surface area (Å²) in [7, 11) is 1.86. The lowest BCUT2D eigenvalue weighted by Crippen LogP contribution is -2.23. The fourth-order valence-corrected chi connectivity index (χ4v) is 2.96. The second-order valence-electron chi connectivity index (χ2n) is 4.80. The van der Waals surface area contributed by atoms with Gasteiger partial charge >= 0.3 is 0 Å². The van der Waals surface area contributed by atoms with Crippen LogP contribution in [-0.2, 0) is 0 Å². The summed E-state index contributed by atoms with van der Waals surface area (Å²) in [6.07, 6.45) is 1.66. The van der Waals surface area contributed by atoms with Gasteiger partial charge in [0.25, 0.3) is 0 Å². The first kappa shape index (κ1) is 15.6. The summed E-state index contributed by atoms with van der Waals surface area (Å²) < 4.78 is 1.90. The SMILES string of the molecule is CNC(c1ccc(Cl)cc1Cl)c1c(Cl)cnn1C(C)C. The van der Waals surface area contributed by atoms with Gasteiger partial charge in [-0.2, -0.15) is 5.10 Å². The smallest absolute Gasteiger partial charge is 0.0837 e. The quantitative estimate of drug-likeness (QED) is 0.877. The predicted octanol–water partition coefficient (Wildman–Crippen LogP) is 4.73. The number of nitrogens with one attached hydrogen (secondary N) is 1. The largest absolute Gasteiger partial charge is 0.308 e. The molecule has 1 heterocycles. The van der Waals surface area contributed by atoms with Gasteiger partial charge in [-0.05, 0) is 38.6 Å². The van der Waals surface area contributed by atoms with Gasteiger partial charge in [-0.1, -0.05) is 40.9 Å². The van der Waals surface area contributed by atoms with E-state index in [1.807, 2.05) is 23.9 Å². The zero-order valence-electron chi connectivity index (χ0n) is 11.5. The molecule has 1 unspecified atom stereocenters. The lowest BCUT2D eigenvalue weighted by Gasteiger charge is -2.22. The standard InChI is InChI=1S/C14H16Cl3N3/c1-8(2)20-14(12(17)7-19-20)13(18-3)10-5-4-9(15)6-11(10)16/h4-8,13,18H,1-3H3. The summed E-state index contributed by atoms with van der Waals surface area (Å²) in [5, 5.41) is 9.40. The molecule has 3 nitrogen and oxygen atoms in total. The number of benzene rings is 1. The summed E-state index contributed by atoms with van der Waals surface area (Å²) in [5.74, 6) is 0. The third kappa shape index (κ3) is 2.96. The molecular weight excluding hydrogens is 317 g/mol. The fraction of sp³-hybridized carbons (Fsp3) is 0.357. The molecule has 0 fully saturated rings. The highest BCUT2D eigenvalue weighted by Gasteiger charge is 2.23. The summed E-state index contributed by atoms with van der Waals surface area (Å²) in [6, 6.07) is 5.51. The maximum Gasteiger partial charge on any atom is 0.0837 e. The number of halogens is 3. The van der Waals surface area contributed by atoms with E-state index in [9.17, 15) is 0 Å². The van der Waals surface area contributed by atoms with Crippen molar-refractivity contribution in [2.24, 2.45) is 0 Å². The van der Waals surface area contributed by atoms with E-state index in [4.69, 9.17) is 34.8 Å². The zero-order chi connectivity index (χ0) is 14.9. The van der Waals surface area contributed by atoms with E-state index in [0.29, 0.717) is 15.1 Å². The van der Waals surface area contributed by atoms with Gasteiger partial charge in [-0.25, -0.2) is 0 Å². The van der Waals surface area contributed by atoms with Gasteiger partial charge in [0, 0.05) is 16.1 Å². The Balaban J connectivity index is 2.55. The Kier molecular flexibility index (Phi) is 4.97. The molecule has 0 aliphatic rings. The lowest BCUT2D eigenvalue weighted by atomic mass is 10.0. The van der Waals surface area contributed by atoms with Crippen LogP contribution in [0.15, 0.2) is 24.4 Å². The van der Waals surface area contributed by atoms with Gasteiger partial charge in [0.05, 0.1) is 23.0 Å². The molecule has 0 amide bonds. The van der Waals surface area contributed by atoms with E-state index in [1.165, 1.54) is 0 Å². The minimum absolute atomic E-state index is 0.142. The Morgan fingerprint density at radius 3 is 2.40 bits per heavy atom. The topological polar surface area (TPSA) is 29.9 Å². The minimum Gasteiger partial charge on any atom is -0.308 e. The number of hydrogen-bond acceptors (Lipinski definition) is 2. The molecule has 2 rings (SSSR count). The van der Waals surface area contributed by atoms with Crippen LogP contribution in [-0.4, -0.2) is 16.8 Å². The molecule has 0 aliphatic carbocycles. The Morgan fingerprint density at radius 2 is 1.85 bits per heavy atom. The first-order valence-electron chi connectivity index (χ1n) is 6.30. The van der Waals surface area contributed by atoms with Crippen LogP contribution < -0.4 is 5.32 Å². The van der Waals surface area contributed by atoms with Crippen LogP contribution in [0.3, 0.4) is 0 Å². The van der Waals surface area contributed by atoms with Crippen molar-refractivity contribution >= 4 is 34.8 Å². The van der Waals surface area contributed by atoms with Crippen molar-refractivity contribution in [3.05, 3.63) is 50.7 Å². The molecular formula is C14H16Cl3N3. The van der Waals surface area contributed by atoms with Crippen LogP contribution in [0.2, 0.25) is 15.1 Å². The van der Waals surface area contributed by atoms with Crippen molar-refractivity contribution in [1.82, 2.24) is 15.1 Å². The molecule has 1 N–H and O–H groups in total. The van der Waals surface area contributed by atoms with Crippen molar-refractivity contribution < 1.29 is 0 Å². The van der Waals surface area contributed by atoms with Crippen molar-refractivity contribution in [2.75, 3.05) is 7.05 Å². The number of aromatic nitrogens is 2. The molecule has 0 bridgehead atoms. The van der Waals surface area contributed by atoms with Crippen LogP contribution >= 0.6 is 34.8 Å². The van der Waals surface area contributed by atoms with Crippen LogP contribution in [0, 0.1) is 0 Å². The third-order valence-electron chi connectivity index (χ3n) is 3.11. The van der Waals surface area contributed by atoms with E-state index in [1.54, 1.807) is 12.3 Å². The van der Waals surface area contributed by atoms with Gasteiger partial charge in [0.15, 0.2) is 0 Å². The van der Waals surface area contributed by atoms with E-state index < -0.39 is 0 Å². The highest BCUT2D eigenvalue weighted by atomic mass is 35.5. The summed E-state index contributed by atoms with van der Waals surface area (Å²) in [6.45, 7) is 4.12. The van der Waals surface area contributed by atoms with Gasteiger partial charge in [-0.3, -0.25) is 4.68 Å². The van der Waals surface area contributed by atoms with Crippen LogP contribution in [0.5, 0.6) is 0 Å². The van der Waals surface area contributed by atoms with E-state index in [-0.39, 0.29) is 12.1 Å². The van der Waals surface area contributed by atoms with E-state index in [0.717, 1.165) is 11.3 Å². The zero-order valence-corrected chi connectivity index (χ0v) is 13.8. The van der Waals surface area contributed by atoms with Crippen LogP contribution in [0.25, 0.3) is 0 Å². The van der Waals surface area contributed by atoms with Gasteiger partial charge in [-0.15, -0.1) is 0 Å². The maximum atomic E-state index is 6.31. The van der Waals surface area contributed by atoms with Gasteiger partial charge in [0.1, 0.15) is 0 Å². The van der Waals surface area contributed by atoms with Gasteiger partial charge in [0.2, 0.25) is 0 Å². The van der Waals surface area contributed by atoms with E-state index >= 15 is 0 Å². The number of nitrogens with zero attached hydrogens (tertiary/aromatic N) is 2. The third-order valence-corrected chi connectivity index (χ3v) is 3.97. The Bertz CT molecular complexity index is 608. The van der Waals surface area contributed by atoms with Gasteiger partial charge < -0.3 is 5.32 Å². The summed E-state index contributed by atoms with van der Waals surface area (Å²) in [5.41, 5.74) is 1.82. The first-order valence-corrected chi connectivity index (χ1v) is 7.44. The van der Waals surface area contributed by atoms with Crippen molar-refractivity contribution in [3.63, 3.8) is 0 Å². The Morgan fingerprint density at radius 1 is 1.15 bits per heavy atom. The molecule has 0 aliphatic heterocycles. The molecule has 1 atom stereocenters. The number of hydrogen-bond donors (Lipinski definition) is 1. The average Bonchev–Trinajstić information content (AvgIpc) is 2.75. The first-order chi connectivity index (χ1) is 9.45. The Labute approximate surface area is 133 Å². The molecule has 20 heavy (non-hydrogen) atoms. The number of rotatable bonds is 4. The van der Waals surface area contributed by atoms with Crippen LogP contribution in [0.4, 0.5) is 0 Å². The molecule has 0 spiro atoms. The minimum atomic E-state index is -0.142. The maximum absolute atomic E-state index is 6.31.